The maximum Gasteiger partial charge on any atom is 0.0717 e. The minimum atomic E-state index is 0.338. The van der Waals surface area contributed by atoms with Crippen LogP contribution >= 0.6 is 0 Å². The van der Waals surface area contributed by atoms with Crippen LogP contribution in [0.2, 0.25) is 0 Å². The molecule has 0 spiro atoms. The summed E-state index contributed by atoms with van der Waals surface area (Å²) in [5, 5.41) is 0. The molecule has 0 amide bonds. The molecular formula is C24H26O2. The standard InChI is InChI=1S/C24H26O2/c1-4-10-21(11-5-1)16-24(19-25-17-22-12-6-2-7-13-22)20-26-18-23-14-8-3-9-15-23/h1-15,24H,16-20H2. The third kappa shape index (κ3) is 6.47. The lowest BCUT2D eigenvalue weighted by Gasteiger charge is -2.18. The Labute approximate surface area is 156 Å². The van der Waals surface area contributed by atoms with Crippen LogP contribution in [-0.2, 0) is 29.1 Å². The molecule has 0 saturated heterocycles. The first-order valence-electron chi connectivity index (χ1n) is 9.17. The summed E-state index contributed by atoms with van der Waals surface area (Å²) in [6.45, 7) is 2.67. The van der Waals surface area contributed by atoms with Crippen molar-refractivity contribution in [3.8, 4) is 0 Å². The molecule has 0 bridgehead atoms. The molecule has 0 aliphatic rings. The van der Waals surface area contributed by atoms with Gasteiger partial charge in [-0.05, 0) is 23.1 Å². The van der Waals surface area contributed by atoms with E-state index in [9.17, 15) is 0 Å². The largest absolute Gasteiger partial charge is 0.376 e. The van der Waals surface area contributed by atoms with Crippen LogP contribution in [0.3, 0.4) is 0 Å². The number of rotatable bonds is 10. The van der Waals surface area contributed by atoms with E-state index in [0.717, 1.165) is 6.42 Å². The number of benzene rings is 3. The highest BCUT2D eigenvalue weighted by molar-refractivity contribution is 5.16. The van der Waals surface area contributed by atoms with E-state index in [-0.39, 0.29) is 0 Å². The fourth-order valence-electron chi connectivity index (χ4n) is 2.95. The molecule has 0 aliphatic heterocycles. The van der Waals surface area contributed by atoms with E-state index in [0.29, 0.717) is 32.3 Å². The Morgan fingerprint density at radius 3 is 1.31 bits per heavy atom. The second-order valence-corrected chi connectivity index (χ2v) is 6.56. The molecule has 0 aliphatic carbocycles. The van der Waals surface area contributed by atoms with Gasteiger partial charge < -0.3 is 9.47 Å². The van der Waals surface area contributed by atoms with Crippen LogP contribution in [0, 0.1) is 5.92 Å². The van der Waals surface area contributed by atoms with Gasteiger partial charge in [-0.2, -0.15) is 0 Å². The van der Waals surface area contributed by atoms with E-state index in [4.69, 9.17) is 9.47 Å². The van der Waals surface area contributed by atoms with Crippen LogP contribution in [0.1, 0.15) is 16.7 Å². The van der Waals surface area contributed by atoms with Crippen molar-refractivity contribution < 1.29 is 9.47 Å². The summed E-state index contributed by atoms with van der Waals surface area (Å²) in [6.07, 6.45) is 0.963. The quantitative estimate of drug-likeness (QED) is 0.497. The fourth-order valence-corrected chi connectivity index (χ4v) is 2.95. The summed E-state index contributed by atoms with van der Waals surface area (Å²) in [4.78, 5) is 0. The summed E-state index contributed by atoms with van der Waals surface area (Å²) < 4.78 is 12.0. The van der Waals surface area contributed by atoms with Crippen molar-refractivity contribution in [3.63, 3.8) is 0 Å². The fraction of sp³-hybridized carbons (Fsp3) is 0.250. The zero-order chi connectivity index (χ0) is 17.9. The molecule has 0 aromatic heterocycles. The first-order chi connectivity index (χ1) is 12.9. The molecular weight excluding hydrogens is 320 g/mol. The van der Waals surface area contributed by atoms with Gasteiger partial charge in [-0.3, -0.25) is 0 Å². The second-order valence-electron chi connectivity index (χ2n) is 6.56. The summed E-state index contributed by atoms with van der Waals surface area (Å²) in [5.41, 5.74) is 3.73. The Morgan fingerprint density at radius 2 is 0.885 bits per heavy atom. The van der Waals surface area contributed by atoms with Crippen LogP contribution in [0.15, 0.2) is 91.0 Å². The van der Waals surface area contributed by atoms with Crippen LogP contribution in [0.4, 0.5) is 0 Å². The van der Waals surface area contributed by atoms with E-state index in [1.54, 1.807) is 0 Å². The molecule has 3 aromatic rings. The van der Waals surface area contributed by atoms with Gasteiger partial charge in [-0.25, -0.2) is 0 Å². The van der Waals surface area contributed by atoms with Crippen LogP contribution in [0.25, 0.3) is 0 Å². The second kappa shape index (κ2) is 10.5. The van der Waals surface area contributed by atoms with E-state index in [1.165, 1.54) is 16.7 Å². The van der Waals surface area contributed by atoms with Crippen molar-refractivity contribution in [2.45, 2.75) is 19.6 Å². The lowest BCUT2D eigenvalue weighted by atomic mass is 10.0. The van der Waals surface area contributed by atoms with Crippen LogP contribution in [0.5, 0.6) is 0 Å². The minimum absolute atomic E-state index is 0.338. The van der Waals surface area contributed by atoms with Crippen LogP contribution < -0.4 is 0 Å². The molecule has 2 heteroatoms. The number of ether oxygens (including phenoxy) is 2. The predicted molar refractivity (Wildman–Crippen MR) is 106 cm³/mol. The summed E-state index contributed by atoms with van der Waals surface area (Å²) >= 11 is 0. The maximum absolute atomic E-state index is 5.98. The van der Waals surface area contributed by atoms with Gasteiger partial charge in [0.05, 0.1) is 26.4 Å². The Bertz CT molecular complexity index is 680. The van der Waals surface area contributed by atoms with Crippen molar-refractivity contribution in [2.75, 3.05) is 13.2 Å². The molecule has 134 valence electrons. The lowest BCUT2D eigenvalue weighted by Crippen LogP contribution is -2.19. The zero-order valence-electron chi connectivity index (χ0n) is 15.1. The molecule has 3 rings (SSSR count). The van der Waals surface area contributed by atoms with Crippen molar-refractivity contribution in [2.24, 2.45) is 5.92 Å². The topological polar surface area (TPSA) is 18.5 Å². The van der Waals surface area contributed by atoms with Crippen molar-refractivity contribution in [1.29, 1.82) is 0 Å². The Hall–Kier alpha value is -2.42. The summed E-state index contributed by atoms with van der Waals surface area (Å²) in [6, 6.07) is 31.2. The number of hydrogen-bond donors (Lipinski definition) is 0. The van der Waals surface area contributed by atoms with Crippen molar-refractivity contribution >= 4 is 0 Å². The third-order valence-electron chi connectivity index (χ3n) is 4.30. The van der Waals surface area contributed by atoms with Gasteiger partial charge in [0.25, 0.3) is 0 Å². The normalized spacial score (nSPS) is 11.0. The van der Waals surface area contributed by atoms with E-state index < -0.39 is 0 Å². The molecule has 0 N–H and O–H groups in total. The SMILES string of the molecule is c1ccc(COCC(COCc2ccccc2)Cc2ccccc2)cc1. The first kappa shape index (κ1) is 18.4. The van der Waals surface area contributed by atoms with E-state index >= 15 is 0 Å². The first-order valence-corrected chi connectivity index (χ1v) is 9.17. The zero-order valence-corrected chi connectivity index (χ0v) is 15.1. The smallest absolute Gasteiger partial charge is 0.0717 e. The average Bonchev–Trinajstić information content (AvgIpc) is 2.70. The highest BCUT2D eigenvalue weighted by Gasteiger charge is 2.11. The van der Waals surface area contributed by atoms with E-state index in [2.05, 4.69) is 54.6 Å². The Morgan fingerprint density at radius 1 is 0.500 bits per heavy atom. The molecule has 0 fully saturated rings. The van der Waals surface area contributed by atoms with Gasteiger partial charge in [0.1, 0.15) is 0 Å². The molecule has 0 saturated carbocycles. The van der Waals surface area contributed by atoms with Crippen molar-refractivity contribution in [3.05, 3.63) is 108 Å². The summed E-state index contributed by atoms with van der Waals surface area (Å²) in [7, 11) is 0. The van der Waals surface area contributed by atoms with E-state index in [1.807, 2.05) is 36.4 Å². The lowest BCUT2D eigenvalue weighted by molar-refractivity contribution is 0.0271. The third-order valence-corrected chi connectivity index (χ3v) is 4.30. The van der Waals surface area contributed by atoms with Gasteiger partial charge in [0, 0.05) is 5.92 Å². The Kier molecular flexibility index (Phi) is 7.45. The highest BCUT2D eigenvalue weighted by atomic mass is 16.5. The molecule has 0 heterocycles. The van der Waals surface area contributed by atoms with Gasteiger partial charge >= 0.3 is 0 Å². The van der Waals surface area contributed by atoms with Gasteiger partial charge in [-0.1, -0.05) is 91.0 Å². The predicted octanol–water partition coefficient (Wildman–Crippen LogP) is 5.28. The van der Waals surface area contributed by atoms with Gasteiger partial charge in [-0.15, -0.1) is 0 Å². The monoisotopic (exact) mass is 346 g/mol. The number of hydrogen-bond acceptors (Lipinski definition) is 2. The molecule has 0 unspecified atom stereocenters. The molecule has 0 atom stereocenters. The average molecular weight is 346 g/mol. The highest BCUT2D eigenvalue weighted by Crippen LogP contribution is 2.13. The maximum atomic E-state index is 5.98. The minimum Gasteiger partial charge on any atom is -0.376 e. The van der Waals surface area contributed by atoms with Crippen molar-refractivity contribution in [1.82, 2.24) is 0 Å². The molecule has 2 nitrogen and oxygen atoms in total. The molecule has 0 radical (unpaired) electrons. The van der Waals surface area contributed by atoms with Gasteiger partial charge in [0.2, 0.25) is 0 Å². The molecule has 26 heavy (non-hydrogen) atoms. The Balaban J connectivity index is 1.50. The van der Waals surface area contributed by atoms with Gasteiger partial charge in [0.15, 0.2) is 0 Å². The van der Waals surface area contributed by atoms with Crippen LogP contribution in [-0.4, -0.2) is 13.2 Å². The summed E-state index contributed by atoms with van der Waals surface area (Å²) in [5.74, 6) is 0.338. The molecule has 3 aromatic carbocycles.